The van der Waals surface area contributed by atoms with Crippen LogP contribution in [-0.4, -0.2) is 34.7 Å². The number of rotatable bonds is 8. The summed E-state index contributed by atoms with van der Waals surface area (Å²) in [5.41, 5.74) is 1.47. The van der Waals surface area contributed by atoms with E-state index in [1.807, 2.05) is 54.6 Å². The summed E-state index contributed by atoms with van der Waals surface area (Å²) in [6.07, 6.45) is 1.49. The molecule has 0 spiro atoms. The maximum atomic E-state index is 12.4. The van der Waals surface area contributed by atoms with Crippen LogP contribution in [0.25, 0.3) is 0 Å². The molecule has 0 saturated carbocycles. The largest absolute Gasteiger partial charge is 0.515 e. The first-order valence-electron chi connectivity index (χ1n) is 9.09. The van der Waals surface area contributed by atoms with Gasteiger partial charge in [-0.05, 0) is 36.2 Å². The van der Waals surface area contributed by atoms with Crippen molar-refractivity contribution in [2.45, 2.75) is 17.9 Å². The van der Waals surface area contributed by atoms with E-state index in [0.29, 0.717) is 12.2 Å². The molecule has 0 fully saturated rings. The number of methoxy groups -OCH3 is 1. The molecule has 0 saturated heterocycles. The van der Waals surface area contributed by atoms with Gasteiger partial charge < -0.3 is 14.8 Å². The van der Waals surface area contributed by atoms with Gasteiger partial charge in [0.05, 0.1) is 19.1 Å². The number of nitrogens with zero attached hydrogens (tertiary/aromatic N) is 2. The Morgan fingerprint density at radius 1 is 1.13 bits per heavy atom. The van der Waals surface area contributed by atoms with Crippen LogP contribution in [0.3, 0.4) is 0 Å². The van der Waals surface area contributed by atoms with Crippen LogP contribution in [0.2, 0.25) is 0 Å². The first-order valence-corrected chi connectivity index (χ1v) is 10.9. The fourth-order valence-corrected chi connectivity index (χ4v) is 3.52. The molecule has 156 valence electrons. The molecule has 0 aliphatic rings. The van der Waals surface area contributed by atoms with E-state index in [0.717, 1.165) is 21.4 Å². The van der Waals surface area contributed by atoms with Crippen molar-refractivity contribution in [1.29, 1.82) is 0 Å². The van der Waals surface area contributed by atoms with Crippen molar-refractivity contribution < 1.29 is 19.1 Å². The van der Waals surface area contributed by atoms with Crippen LogP contribution in [-0.2, 0) is 22.5 Å². The fraction of sp³-hybridized carbons (Fsp3) is 0.190. The molecule has 30 heavy (non-hydrogen) atoms. The maximum absolute atomic E-state index is 12.4. The molecule has 0 aliphatic carbocycles. The van der Waals surface area contributed by atoms with E-state index in [1.54, 1.807) is 10.9 Å². The van der Waals surface area contributed by atoms with Crippen LogP contribution in [0, 0.1) is 0 Å². The van der Waals surface area contributed by atoms with E-state index in [1.165, 1.54) is 18.9 Å². The highest BCUT2D eigenvalue weighted by Gasteiger charge is 2.17. The van der Waals surface area contributed by atoms with Gasteiger partial charge in [-0.15, -0.1) is 16.9 Å². The molecule has 0 bridgehead atoms. The zero-order valence-corrected chi connectivity index (χ0v) is 18.6. The zero-order valence-electron chi connectivity index (χ0n) is 16.2. The van der Waals surface area contributed by atoms with E-state index in [4.69, 9.17) is 4.74 Å². The molecule has 2 aromatic carbocycles. The van der Waals surface area contributed by atoms with Crippen LogP contribution >= 0.6 is 27.7 Å². The normalized spacial score (nSPS) is 10.5. The molecular formula is C21H20BrN3O4S. The number of nitrogens with one attached hydrogen (secondary N) is 1. The molecule has 0 unspecified atom stereocenters. The zero-order chi connectivity index (χ0) is 21.3. The summed E-state index contributed by atoms with van der Waals surface area (Å²) in [6, 6.07) is 17.6. The number of amides is 1. The van der Waals surface area contributed by atoms with Crippen molar-refractivity contribution in [2.75, 3.05) is 18.2 Å². The number of carbonyl (C=O) groups is 2. The number of anilines is 1. The van der Waals surface area contributed by atoms with Crippen LogP contribution in [0.15, 0.2) is 70.2 Å². The summed E-state index contributed by atoms with van der Waals surface area (Å²) in [5.74, 6) is -0.0359. The Labute approximate surface area is 186 Å². The number of carbonyl (C=O) groups excluding carboxylic acids is 2. The van der Waals surface area contributed by atoms with E-state index in [-0.39, 0.29) is 17.5 Å². The summed E-state index contributed by atoms with van der Waals surface area (Å²) >= 11 is 4.79. The molecule has 7 nitrogen and oxygen atoms in total. The number of ether oxygens (including phenoxy) is 2. The van der Waals surface area contributed by atoms with E-state index < -0.39 is 6.16 Å². The topological polar surface area (TPSA) is 82.4 Å². The summed E-state index contributed by atoms with van der Waals surface area (Å²) < 4.78 is 12.2. The first kappa shape index (κ1) is 21.9. The van der Waals surface area contributed by atoms with Gasteiger partial charge in [0.2, 0.25) is 5.91 Å². The van der Waals surface area contributed by atoms with Gasteiger partial charge in [-0.1, -0.05) is 46.3 Å². The predicted molar refractivity (Wildman–Crippen MR) is 119 cm³/mol. The quantitative estimate of drug-likeness (QED) is 0.362. The summed E-state index contributed by atoms with van der Waals surface area (Å²) in [5, 5.41) is 7.02. The van der Waals surface area contributed by atoms with Gasteiger partial charge in [0, 0.05) is 15.9 Å². The summed E-state index contributed by atoms with van der Waals surface area (Å²) in [6.45, 7) is 0.561. The minimum atomic E-state index is -0.900. The number of thioether (sulfide) groups is 1. The number of hydrogen-bond acceptors (Lipinski definition) is 6. The summed E-state index contributed by atoms with van der Waals surface area (Å²) in [4.78, 5) is 24.9. The van der Waals surface area contributed by atoms with Gasteiger partial charge in [0.1, 0.15) is 5.69 Å². The lowest BCUT2D eigenvalue weighted by molar-refractivity contribution is -0.113. The standard InChI is InChI=1S/C21H20BrN3O4S/c1-28-21(27)29-20-18(13-25(24-20)12-11-15-5-3-2-4-6-15)23-19(26)14-30-17-9-7-16(22)8-10-17/h2-10,13H,11-12,14H2,1H3,(H,23,26). The molecule has 0 atom stereocenters. The van der Waals surface area contributed by atoms with Crippen molar-refractivity contribution in [3.8, 4) is 5.88 Å². The Morgan fingerprint density at radius 3 is 2.57 bits per heavy atom. The van der Waals surface area contributed by atoms with Gasteiger partial charge in [0.15, 0.2) is 0 Å². The predicted octanol–water partition coefficient (Wildman–Crippen LogP) is 4.76. The number of halogens is 1. The second kappa shape index (κ2) is 10.8. The lowest BCUT2D eigenvalue weighted by atomic mass is 10.1. The average molecular weight is 490 g/mol. The highest BCUT2D eigenvalue weighted by atomic mass is 79.9. The molecule has 3 aromatic rings. The molecule has 0 aliphatic heterocycles. The van der Waals surface area contributed by atoms with E-state index >= 15 is 0 Å². The molecule has 9 heteroatoms. The fourth-order valence-electron chi connectivity index (χ4n) is 2.55. The van der Waals surface area contributed by atoms with E-state index in [2.05, 4.69) is 31.1 Å². The van der Waals surface area contributed by atoms with Gasteiger partial charge in [-0.2, -0.15) is 0 Å². The smallest absolute Gasteiger partial charge is 0.437 e. The van der Waals surface area contributed by atoms with Gasteiger partial charge in [-0.25, -0.2) is 4.79 Å². The Kier molecular flexibility index (Phi) is 7.92. The van der Waals surface area contributed by atoms with Crippen LogP contribution in [0.1, 0.15) is 5.56 Å². The van der Waals surface area contributed by atoms with Crippen LogP contribution in [0.4, 0.5) is 10.5 Å². The third kappa shape index (κ3) is 6.64. The summed E-state index contributed by atoms with van der Waals surface area (Å²) in [7, 11) is 1.21. The number of aromatic nitrogens is 2. The van der Waals surface area contributed by atoms with Gasteiger partial charge in [0.25, 0.3) is 5.88 Å². The Morgan fingerprint density at radius 2 is 1.87 bits per heavy atom. The molecule has 1 aromatic heterocycles. The highest BCUT2D eigenvalue weighted by molar-refractivity contribution is 9.10. The molecule has 3 rings (SSSR count). The van der Waals surface area contributed by atoms with E-state index in [9.17, 15) is 9.59 Å². The molecule has 1 amide bonds. The van der Waals surface area contributed by atoms with Gasteiger partial charge >= 0.3 is 6.16 Å². The Balaban J connectivity index is 1.64. The maximum Gasteiger partial charge on any atom is 0.515 e. The lowest BCUT2D eigenvalue weighted by Gasteiger charge is -2.05. The molecule has 1 heterocycles. The van der Waals surface area contributed by atoms with Gasteiger partial charge in [-0.3, -0.25) is 9.48 Å². The van der Waals surface area contributed by atoms with Crippen LogP contribution in [0.5, 0.6) is 5.88 Å². The minimum absolute atomic E-state index is 0.00287. The van der Waals surface area contributed by atoms with Crippen molar-refractivity contribution in [3.63, 3.8) is 0 Å². The third-order valence-corrected chi connectivity index (χ3v) is 5.55. The number of benzene rings is 2. The Bertz CT molecular complexity index is 993. The van der Waals surface area contributed by atoms with Crippen LogP contribution < -0.4 is 10.1 Å². The third-order valence-electron chi connectivity index (χ3n) is 4.00. The average Bonchev–Trinajstić information content (AvgIpc) is 3.13. The lowest BCUT2D eigenvalue weighted by Crippen LogP contribution is -2.15. The molecule has 0 radical (unpaired) electrons. The monoisotopic (exact) mass is 489 g/mol. The minimum Gasteiger partial charge on any atom is -0.437 e. The first-order chi connectivity index (χ1) is 14.5. The highest BCUT2D eigenvalue weighted by Crippen LogP contribution is 2.25. The molecule has 1 N–H and O–H groups in total. The van der Waals surface area contributed by atoms with Crippen molar-refractivity contribution in [1.82, 2.24) is 9.78 Å². The second-order valence-corrected chi connectivity index (χ2v) is 8.16. The Hall–Kier alpha value is -2.78. The second-order valence-electron chi connectivity index (χ2n) is 6.19. The molecular weight excluding hydrogens is 470 g/mol. The SMILES string of the molecule is COC(=O)Oc1nn(CCc2ccccc2)cc1NC(=O)CSc1ccc(Br)cc1. The number of aryl methyl sites for hydroxylation is 2. The van der Waals surface area contributed by atoms with Crippen molar-refractivity contribution >= 4 is 45.4 Å². The van der Waals surface area contributed by atoms with Crippen molar-refractivity contribution in [2.24, 2.45) is 0 Å². The van der Waals surface area contributed by atoms with Crippen molar-refractivity contribution in [3.05, 3.63) is 70.8 Å². The number of hydrogen-bond donors (Lipinski definition) is 1.